The van der Waals surface area contributed by atoms with Crippen molar-refractivity contribution in [2.75, 3.05) is 32.5 Å². The number of thioether (sulfide) groups is 1. The van der Waals surface area contributed by atoms with E-state index in [1.165, 1.54) is 32.1 Å². The number of ether oxygens (including phenoxy) is 1. The van der Waals surface area contributed by atoms with Crippen LogP contribution in [0, 0.1) is 11.8 Å². The van der Waals surface area contributed by atoms with Gasteiger partial charge in [0.1, 0.15) is 5.75 Å². The van der Waals surface area contributed by atoms with E-state index in [9.17, 15) is 9.90 Å². The lowest BCUT2D eigenvalue weighted by Crippen LogP contribution is -2.44. The van der Waals surface area contributed by atoms with Crippen LogP contribution >= 0.6 is 23.4 Å². The van der Waals surface area contributed by atoms with Gasteiger partial charge in [0, 0.05) is 41.7 Å². The van der Waals surface area contributed by atoms with Crippen molar-refractivity contribution in [3.8, 4) is 5.75 Å². The number of nitrogens with two attached hydrogens (primary N) is 1. The summed E-state index contributed by atoms with van der Waals surface area (Å²) < 4.78 is 5.38. The van der Waals surface area contributed by atoms with E-state index in [2.05, 4.69) is 21.6 Å². The van der Waals surface area contributed by atoms with E-state index in [1.54, 1.807) is 13.3 Å². The summed E-state index contributed by atoms with van der Waals surface area (Å²) in [5.41, 5.74) is 8.33. The zero-order chi connectivity index (χ0) is 24.8. The van der Waals surface area contributed by atoms with Crippen molar-refractivity contribution >= 4 is 40.2 Å². The molecular formula is C27H38ClN3O3S. The van der Waals surface area contributed by atoms with Gasteiger partial charge in [0.05, 0.1) is 23.6 Å². The molecule has 0 unspecified atom stereocenters. The smallest absolute Gasteiger partial charge is 0.308 e. The third-order valence-corrected chi connectivity index (χ3v) is 9.42. The zero-order valence-electron chi connectivity index (χ0n) is 20.6. The average molecular weight is 520 g/mol. The molecule has 0 bridgehead atoms. The molecule has 192 valence electrons. The van der Waals surface area contributed by atoms with E-state index in [-0.39, 0.29) is 17.9 Å². The first-order chi connectivity index (χ1) is 17.0. The molecule has 2 fully saturated rings. The molecular weight excluding hydrogens is 482 g/mol. The number of fused-ring (bicyclic) bond motifs is 1. The van der Waals surface area contributed by atoms with E-state index in [0.29, 0.717) is 18.0 Å². The molecule has 1 aliphatic carbocycles. The van der Waals surface area contributed by atoms with Crippen molar-refractivity contribution in [3.63, 3.8) is 0 Å². The van der Waals surface area contributed by atoms with Gasteiger partial charge in [-0.3, -0.25) is 9.78 Å². The second-order valence-corrected chi connectivity index (χ2v) is 11.8. The average Bonchev–Trinajstić information content (AvgIpc) is 2.87. The molecule has 1 aromatic heterocycles. The van der Waals surface area contributed by atoms with Crippen LogP contribution in [-0.2, 0) is 4.79 Å². The molecule has 3 N–H and O–H groups in total. The fourth-order valence-electron chi connectivity index (χ4n) is 5.69. The van der Waals surface area contributed by atoms with Crippen LogP contribution in [0.4, 0.5) is 0 Å². The lowest BCUT2D eigenvalue weighted by molar-refractivity contribution is -0.146. The predicted molar refractivity (Wildman–Crippen MR) is 144 cm³/mol. The second kappa shape index (κ2) is 12.6. The first-order valence-electron chi connectivity index (χ1n) is 12.9. The van der Waals surface area contributed by atoms with Crippen LogP contribution in [0.5, 0.6) is 5.75 Å². The lowest BCUT2D eigenvalue weighted by Gasteiger charge is -2.37. The standard InChI is InChI=1S/C27H38ClN3O3S/c1-34-19-8-10-25-21(15-19)26(23(28)16-30-25)24(29)9-7-18-11-12-31(17-22(18)27(32)33)13-14-35-20-5-3-2-4-6-20/h8,10,15-16,18,20,22,24H,2-7,9,11-14,17,29H2,1H3,(H,32,33)/t18-,22+,24-/m0/s1. The number of methoxy groups -OCH3 is 1. The molecule has 4 rings (SSSR count). The first kappa shape index (κ1) is 26.5. The molecule has 8 heteroatoms. The van der Waals surface area contributed by atoms with E-state index in [1.807, 2.05) is 18.2 Å². The van der Waals surface area contributed by atoms with Crippen LogP contribution < -0.4 is 10.5 Å². The minimum absolute atomic E-state index is 0.127. The number of piperidine rings is 1. The Hall–Kier alpha value is -1.54. The van der Waals surface area contributed by atoms with E-state index < -0.39 is 5.97 Å². The van der Waals surface area contributed by atoms with Crippen LogP contribution in [0.25, 0.3) is 10.9 Å². The largest absolute Gasteiger partial charge is 0.497 e. The van der Waals surface area contributed by atoms with Gasteiger partial charge < -0.3 is 20.5 Å². The number of pyridine rings is 1. The molecule has 3 atom stereocenters. The molecule has 1 saturated carbocycles. The van der Waals surface area contributed by atoms with Gasteiger partial charge in [-0.2, -0.15) is 11.8 Å². The molecule has 0 amide bonds. The van der Waals surface area contributed by atoms with Crippen molar-refractivity contribution in [1.29, 1.82) is 0 Å². The predicted octanol–water partition coefficient (Wildman–Crippen LogP) is 5.77. The molecule has 2 aromatic rings. The summed E-state index contributed by atoms with van der Waals surface area (Å²) in [6.07, 6.45) is 10.8. The van der Waals surface area contributed by atoms with Crippen molar-refractivity contribution in [3.05, 3.63) is 35.0 Å². The topological polar surface area (TPSA) is 88.7 Å². The highest BCUT2D eigenvalue weighted by Gasteiger charge is 2.34. The lowest BCUT2D eigenvalue weighted by atomic mass is 9.81. The van der Waals surface area contributed by atoms with Gasteiger partial charge in [0.25, 0.3) is 0 Å². The summed E-state index contributed by atoms with van der Waals surface area (Å²) in [6, 6.07) is 5.41. The number of rotatable bonds is 10. The Morgan fingerprint density at radius 3 is 2.86 bits per heavy atom. The minimum Gasteiger partial charge on any atom is -0.497 e. The summed E-state index contributed by atoms with van der Waals surface area (Å²) in [6.45, 7) is 2.58. The number of halogens is 1. The second-order valence-electron chi connectivity index (χ2n) is 10.0. The fraction of sp³-hybridized carbons (Fsp3) is 0.630. The summed E-state index contributed by atoms with van der Waals surface area (Å²) in [4.78, 5) is 18.9. The van der Waals surface area contributed by atoms with Gasteiger partial charge in [0.2, 0.25) is 0 Å². The van der Waals surface area contributed by atoms with Gasteiger partial charge >= 0.3 is 5.97 Å². The highest BCUT2D eigenvalue weighted by molar-refractivity contribution is 7.99. The number of hydrogen-bond acceptors (Lipinski definition) is 6. The quantitative estimate of drug-likeness (QED) is 0.412. The number of carboxylic acid groups (broad SMARTS) is 1. The number of nitrogens with zero attached hydrogens (tertiary/aromatic N) is 2. The van der Waals surface area contributed by atoms with Crippen molar-refractivity contribution in [2.24, 2.45) is 17.6 Å². The summed E-state index contributed by atoms with van der Waals surface area (Å²) in [7, 11) is 1.63. The molecule has 1 aromatic carbocycles. The molecule has 2 heterocycles. The Bertz CT molecular complexity index is 1000. The Kier molecular flexibility index (Phi) is 9.56. The number of hydrogen-bond donors (Lipinski definition) is 2. The van der Waals surface area contributed by atoms with Crippen LogP contribution in [0.15, 0.2) is 24.4 Å². The molecule has 0 radical (unpaired) electrons. The zero-order valence-corrected chi connectivity index (χ0v) is 22.2. The van der Waals surface area contributed by atoms with Crippen LogP contribution in [0.2, 0.25) is 5.02 Å². The molecule has 1 saturated heterocycles. The Morgan fingerprint density at radius 1 is 1.31 bits per heavy atom. The van der Waals surface area contributed by atoms with E-state index >= 15 is 0 Å². The summed E-state index contributed by atoms with van der Waals surface area (Å²) >= 11 is 8.62. The van der Waals surface area contributed by atoms with Crippen molar-refractivity contribution in [2.45, 2.75) is 62.7 Å². The molecule has 0 spiro atoms. The molecule has 1 aliphatic heterocycles. The molecule has 6 nitrogen and oxygen atoms in total. The number of aromatic nitrogens is 1. The maximum Gasteiger partial charge on any atom is 0.308 e. The monoisotopic (exact) mass is 519 g/mol. The molecule has 35 heavy (non-hydrogen) atoms. The van der Waals surface area contributed by atoms with Gasteiger partial charge in [-0.25, -0.2) is 0 Å². The third-order valence-electron chi connectivity index (χ3n) is 7.76. The van der Waals surface area contributed by atoms with Crippen LogP contribution in [0.3, 0.4) is 0 Å². The van der Waals surface area contributed by atoms with Crippen molar-refractivity contribution in [1.82, 2.24) is 9.88 Å². The van der Waals surface area contributed by atoms with E-state index in [4.69, 9.17) is 22.1 Å². The first-order valence-corrected chi connectivity index (χ1v) is 14.3. The SMILES string of the molecule is COc1ccc2ncc(Cl)c([C@@H](N)CC[C@H]3CCN(CCSC4CCCCC4)C[C@H]3C(=O)O)c2c1. The minimum atomic E-state index is -0.690. The maximum atomic E-state index is 12.1. The van der Waals surface area contributed by atoms with Gasteiger partial charge in [0.15, 0.2) is 0 Å². The number of benzene rings is 1. The summed E-state index contributed by atoms with van der Waals surface area (Å²) in [5, 5.41) is 12.2. The Morgan fingerprint density at radius 2 is 2.11 bits per heavy atom. The van der Waals surface area contributed by atoms with Crippen LogP contribution in [-0.4, -0.2) is 58.7 Å². The maximum absolute atomic E-state index is 12.1. The fourth-order valence-corrected chi connectivity index (χ4v) is 7.34. The number of aliphatic carboxylic acids is 1. The Labute approximate surface area is 217 Å². The Balaban J connectivity index is 1.34. The highest BCUT2D eigenvalue weighted by Crippen LogP contribution is 2.36. The normalized spacial score (nSPS) is 22.8. The van der Waals surface area contributed by atoms with Gasteiger partial charge in [-0.05, 0) is 68.3 Å². The highest BCUT2D eigenvalue weighted by atomic mass is 35.5. The number of carbonyl (C=O) groups is 1. The molecule has 2 aliphatic rings. The van der Waals surface area contributed by atoms with Gasteiger partial charge in [-0.1, -0.05) is 30.9 Å². The third kappa shape index (κ3) is 6.82. The van der Waals surface area contributed by atoms with Gasteiger partial charge in [-0.15, -0.1) is 0 Å². The number of carboxylic acids is 1. The number of likely N-dealkylation sites (tertiary alicyclic amines) is 1. The van der Waals surface area contributed by atoms with E-state index in [0.717, 1.165) is 59.1 Å². The van der Waals surface area contributed by atoms with Crippen LogP contribution in [0.1, 0.15) is 63.0 Å². The van der Waals surface area contributed by atoms with Crippen molar-refractivity contribution < 1.29 is 14.6 Å². The summed E-state index contributed by atoms with van der Waals surface area (Å²) in [5.74, 6) is 0.923.